The average Bonchev–Trinajstić information content (AvgIpc) is 2.34. The van der Waals surface area contributed by atoms with Gasteiger partial charge in [0.15, 0.2) is 0 Å². The molecule has 0 heterocycles. The van der Waals surface area contributed by atoms with Crippen molar-refractivity contribution in [2.45, 2.75) is 18.8 Å². The molecule has 62 valence electrons. The summed E-state index contributed by atoms with van der Waals surface area (Å²) in [6, 6.07) is 0. The summed E-state index contributed by atoms with van der Waals surface area (Å²) in [7, 11) is 0. The molecule has 0 spiro atoms. The molecule has 11 heavy (non-hydrogen) atoms. The lowest BCUT2D eigenvalue weighted by molar-refractivity contribution is -0.143. The topological polar surface area (TPSA) is 37.3 Å². The Bertz CT molecular complexity index is 214. The molecule has 0 radical (unpaired) electrons. The standard InChI is InChI=1S/C7H8F2O2/c8-7(9)4-2-1-3(5(4)7)6(10)11/h3-5H,1-2H2,(H,10,11)/t3-,4-,5+/m1/s1. The molecule has 0 aromatic heterocycles. The van der Waals surface area contributed by atoms with Crippen molar-refractivity contribution in [1.82, 2.24) is 0 Å². The molecule has 3 atom stereocenters. The molecular weight excluding hydrogens is 154 g/mol. The number of aliphatic carboxylic acids is 1. The molecule has 2 aliphatic carbocycles. The van der Waals surface area contributed by atoms with Crippen LogP contribution in [0.25, 0.3) is 0 Å². The Morgan fingerprint density at radius 3 is 2.36 bits per heavy atom. The molecule has 2 rings (SSSR count). The molecule has 4 heteroatoms. The number of alkyl halides is 2. The van der Waals surface area contributed by atoms with Crippen molar-refractivity contribution in [3.63, 3.8) is 0 Å². The molecule has 2 aliphatic rings. The van der Waals surface area contributed by atoms with E-state index in [0.717, 1.165) is 0 Å². The van der Waals surface area contributed by atoms with Crippen LogP contribution in [0.3, 0.4) is 0 Å². The van der Waals surface area contributed by atoms with E-state index < -0.39 is 29.6 Å². The van der Waals surface area contributed by atoms with E-state index in [-0.39, 0.29) is 0 Å². The largest absolute Gasteiger partial charge is 0.481 e. The van der Waals surface area contributed by atoms with Crippen LogP contribution in [-0.2, 0) is 4.79 Å². The summed E-state index contributed by atoms with van der Waals surface area (Å²) in [6.07, 6.45) is 0.814. The van der Waals surface area contributed by atoms with Gasteiger partial charge in [0.05, 0.1) is 5.92 Å². The van der Waals surface area contributed by atoms with Crippen LogP contribution in [0.15, 0.2) is 0 Å². The van der Waals surface area contributed by atoms with Crippen LogP contribution < -0.4 is 0 Å². The highest BCUT2D eigenvalue weighted by Gasteiger charge is 2.74. The lowest BCUT2D eigenvalue weighted by atomic mass is 10.0. The molecule has 0 bridgehead atoms. The molecule has 0 aromatic rings. The summed E-state index contributed by atoms with van der Waals surface area (Å²) in [5.41, 5.74) is 0. The van der Waals surface area contributed by atoms with Crippen LogP contribution in [0.2, 0.25) is 0 Å². The number of carboxylic acids is 1. The maximum absolute atomic E-state index is 12.6. The summed E-state index contributed by atoms with van der Waals surface area (Å²) in [6.45, 7) is 0. The van der Waals surface area contributed by atoms with Gasteiger partial charge in [-0.25, -0.2) is 8.78 Å². The van der Waals surface area contributed by atoms with Gasteiger partial charge in [0.25, 0.3) is 5.92 Å². The monoisotopic (exact) mass is 162 g/mol. The minimum atomic E-state index is -2.67. The molecule has 1 N–H and O–H groups in total. The van der Waals surface area contributed by atoms with E-state index in [0.29, 0.717) is 12.8 Å². The van der Waals surface area contributed by atoms with Crippen LogP contribution in [0, 0.1) is 17.8 Å². The van der Waals surface area contributed by atoms with E-state index in [9.17, 15) is 13.6 Å². The van der Waals surface area contributed by atoms with Crippen molar-refractivity contribution in [2.24, 2.45) is 17.8 Å². The number of hydrogen-bond acceptors (Lipinski definition) is 1. The minimum absolute atomic E-state index is 0.384. The first-order valence-corrected chi connectivity index (χ1v) is 3.65. The van der Waals surface area contributed by atoms with Gasteiger partial charge in [-0.2, -0.15) is 0 Å². The molecule has 2 saturated carbocycles. The summed E-state index contributed by atoms with van der Waals surface area (Å²) in [5.74, 6) is -5.98. The van der Waals surface area contributed by atoms with E-state index >= 15 is 0 Å². The predicted molar refractivity (Wildman–Crippen MR) is 32.3 cm³/mol. The van der Waals surface area contributed by atoms with Crippen molar-refractivity contribution < 1.29 is 18.7 Å². The minimum Gasteiger partial charge on any atom is -0.481 e. The van der Waals surface area contributed by atoms with Gasteiger partial charge in [-0.05, 0) is 12.8 Å². The lowest BCUT2D eigenvalue weighted by Crippen LogP contribution is -2.18. The number of rotatable bonds is 1. The maximum Gasteiger partial charge on any atom is 0.307 e. The highest BCUT2D eigenvalue weighted by Crippen LogP contribution is 2.66. The molecule has 2 nitrogen and oxygen atoms in total. The summed E-state index contributed by atoms with van der Waals surface area (Å²) >= 11 is 0. The van der Waals surface area contributed by atoms with Gasteiger partial charge in [-0.1, -0.05) is 0 Å². The fraction of sp³-hybridized carbons (Fsp3) is 0.857. The van der Waals surface area contributed by atoms with Gasteiger partial charge < -0.3 is 5.11 Å². The molecule has 2 fully saturated rings. The Labute approximate surface area is 62.2 Å². The highest BCUT2D eigenvalue weighted by atomic mass is 19.3. The van der Waals surface area contributed by atoms with Crippen LogP contribution in [0.4, 0.5) is 8.78 Å². The second-order valence-electron chi connectivity index (χ2n) is 3.33. The first-order valence-electron chi connectivity index (χ1n) is 3.65. The van der Waals surface area contributed by atoms with Gasteiger partial charge in [-0.3, -0.25) is 4.79 Å². The van der Waals surface area contributed by atoms with Crippen LogP contribution in [-0.4, -0.2) is 17.0 Å². The zero-order chi connectivity index (χ0) is 8.22. The van der Waals surface area contributed by atoms with Gasteiger partial charge in [-0.15, -0.1) is 0 Å². The smallest absolute Gasteiger partial charge is 0.307 e. The summed E-state index contributed by atoms with van der Waals surface area (Å²) in [4.78, 5) is 10.4. The normalized spacial score (nSPS) is 45.1. The quantitative estimate of drug-likeness (QED) is 0.632. The Morgan fingerprint density at radius 2 is 2.09 bits per heavy atom. The van der Waals surface area contributed by atoms with Gasteiger partial charge in [0, 0.05) is 11.8 Å². The highest BCUT2D eigenvalue weighted by molar-refractivity contribution is 5.72. The van der Waals surface area contributed by atoms with E-state index in [2.05, 4.69) is 0 Å². The first kappa shape index (κ1) is 7.00. The number of hydrogen-bond donors (Lipinski definition) is 1. The fourth-order valence-corrected chi connectivity index (χ4v) is 2.15. The number of carboxylic acid groups (broad SMARTS) is 1. The Hall–Kier alpha value is -0.670. The van der Waals surface area contributed by atoms with Gasteiger partial charge in [0.2, 0.25) is 0 Å². The second kappa shape index (κ2) is 1.73. The van der Waals surface area contributed by atoms with Gasteiger partial charge in [0.1, 0.15) is 0 Å². The zero-order valence-corrected chi connectivity index (χ0v) is 5.76. The average molecular weight is 162 g/mol. The third kappa shape index (κ3) is 0.723. The second-order valence-corrected chi connectivity index (χ2v) is 3.33. The van der Waals surface area contributed by atoms with Crippen LogP contribution in [0.1, 0.15) is 12.8 Å². The van der Waals surface area contributed by atoms with E-state index in [1.807, 2.05) is 0 Å². The van der Waals surface area contributed by atoms with Crippen molar-refractivity contribution in [3.05, 3.63) is 0 Å². The molecule has 0 amide bonds. The number of carbonyl (C=O) groups is 1. The maximum atomic E-state index is 12.6. The first-order chi connectivity index (χ1) is 5.05. The van der Waals surface area contributed by atoms with E-state index in [4.69, 9.17) is 5.11 Å². The zero-order valence-electron chi connectivity index (χ0n) is 5.76. The van der Waals surface area contributed by atoms with E-state index in [1.54, 1.807) is 0 Å². The Morgan fingerprint density at radius 1 is 1.45 bits per heavy atom. The molecular formula is C7H8F2O2. The fourth-order valence-electron chi connectivity index (χ4n) is 2.15. The predicted octanol–water partition coefficient (Wildman–Crippen LogP) is 1.36. The summed E-state index contributed by atoms with van der Waals surface area (Å²) in [5, 5.41) is 8.51. The third-order valence-electron chi connectivity index (χ3n) is 2.80. The van der Waals surface area contributed by atoms with Crippen molar-refractivity contribution in [1.29, 1.82) is 0 Å². The van der Waals surface area contributed by atoms with Crippen molar-refractivity contribution >= 4 is 5.97 Å². The molecule has 0 aliphatic heterocycles. The van der Waals surface area contributed by atoms with Crippen molar-refractivity contribution in [2.75, 3.05) is 0 Å². The van der Waals surface area contributed by atoms with Crippen LogP contribution >= 0.6 is 0 Å². The van der Waals surface area contributed by atoms with Crippen molar-refractivity contribution in [3.8, 4) is 0 Å². The summed E-state index contributed by atoms with van der Waals surface area (Å²) < 4.78 is 25.2. The Balaban J connectivity index is 2.13. The number of halogens is 2. The molecule has 0 saturated heterocycles. The third-order valence-corrected chi connectivity index (χ3v) is 2.80. The van der Waals surface area contributed by atoms with E-state index in [1.165, 1.54) is 0 Å². The molecule has 0 aromatic carbocycles. The Kier molecular flexibility index (Phi) is 1.10. The lowest BCUT2D eigenvalue weighted by Gasteiger charge is -2.07. The molecule has 0 unspecified atom stereocenters. The van der Waals surface area contributed by atoms with Gasteiger partial charge >= 0.3 is 5.97 Å². The van der Waals surface area contributed by atoms with Crippen LogP contribution in [0.5, 0.6) is 0 Å². The number of fused-ring (bicyclic) bond motifs is 1. The SMILES string of the molecule is O=C(O)[C@@H]1CC[C@@H]2[C@H]1C2(F)F.